The van der Waals surface area contributed by atoms with E-state index in [9.17, 15) is 4.79 Å². The maximum atomic E-state index is 9.76. The summed E-state index contributed by atoms with van der Waals surface area (Å²) in [5, 5.41) is 8.54. The number of aliphatic hydroxyl groups excluding tert-OH is 1. The summed E-state index contributed by atoms with van der Waals surface area (Å²) in [6.07, 6.45) is 0.638. The minimum Gasteiger partial charge on any atom is -0.392 e. The van der Waals surface area contributed by atoms with Crippen molar-refractivity contribution in [2.45, 2.75) is 61.1 Å². The molecule has 0 aliphatic rings. The minimum absolute atomic E-state index is 0.140. The molecule has 4 nitrogen and oxygen atoms in total. The normalized spacial score (nSPS) is 9.76. The summed E-state index contributed by atoms with van der Waals surface area (Å²) in [4.78, 5) is 9.76. The molecule has 0 fully saturated rings. The zero-order valence-corrected chi connectivity index (χ0v) is 14.7. The average molecular weight is 298 g/mol. The summed E-state index contributed by atoms with van der Waals surface area (Å²) in [7, 11) is 0. The van der Waals surface area contributed by atoms with Gasteiger partial charge in [0.2, 0.25) is 6.41 Å². The van der Waals surface area contributed by atoms with Crippen LogP contribution in [-0.2, 0) is 11.4 Å². The fraction of sp³-hybridized carbons (Fsp3) is 0.588. The Morgan fingerprint density at radius 1 is 1.05 bits per heavy atom. The van der Waals surface area contributed by atoms with Gasteiger partial charge in [0.05, 0.1) is 6.61 Å². The monoisotopic (exact) mass is 298 g/mol. The van der Waals surface area contributed by atoms with Gasteiger partial charge in [-0.1, -0.05) is 71.9 Å². The third-order valence-electron chi connectivity index (χ3n) is 2.40. The van der Waals surface area contributed by atoms with Crippen molar-refractivity contribution in [3.63, 3.8) is 0 Å². The van der Waals surface area contributed by atoms with Crippen molar-refractivity contribution in [3.8, 4) is 0 Å². The fourth-order valence-corrected chi connectivity index (χ4v) is 0.916. The van der Waals surface area contributed by atoms with E-state index in [1.54, 1.807) is 0 Å². The van der Waals surface area contributed by atoms with Crippen LogP contribution in [0.15, 0.2) is 30.3 Å². The summed E-state index contributed by atoms with van der Waals surface area (Å²) in [6, 6.07) is 9.85. The van der Waals surface area contributed by atoms with Crippen LogP contribution in [0.2, 0.25) is 0 Å². The van der Waals surface area contributed by atoms with Crippen molar-refractivity contribution in [1.82, 2.24) is 10.9 Å². The molecule has 0 aromatic heterocycles. The highest BCUT2D eigenvalue weighted by molar-refractivity contribution is 5.44. The van der Waals surface area contributed by atoms with Crippen molar-refractivity contribution in [2.24, 2.45) is 5.92 Å². The maximum Gasteiger partial charge on any atom is 0.221 e. The Balaban J connectivity index is -0.000000250. The van der Waals surface area contributed by atoms with Crippen molar-refractivity contribution >= 4 is 6.41 Å². The third kappa shape index (κ3) is 18.6. The molecule has 0 saturated carbocycles. The Bertz CT molecular complexity index is 290. The Morgan fingerprint density at radius 2 is 1.52 bits per heavy atom. The number of carbonyl (C=O) groups excluding carboxylic acids is 1. The highest BCUT2D eigenvalue weighted by atomic mass is 16.3. The molecule has 0 radical (unpaired) electrons. The highest BCUT2D eigenvalue weighted by Gasteiger charge is 2.03. The molecular formula is C17H34N2O2. The lowest BCUT2D eigenvalue weighted by Gasteiger charge is -2.15. The first-order valence-corrected chi connectivity index (χ1v) is 7.71. The van der Waals surface area contributed by atoms with Gasteiger partial charge in [-0.15, -0.1) is 0 Å². The molecule has 1 rings (SSSR count). The summed E-state index contributed by atoms with van der Waals surface area (Å²) in [5.41, 5.74) is 6.18. The molecule has 21 heavy (non-hydrogen) atoms. The first kappa shape index (κ1) is 24.6. The molecule has 0 bridgehead atoms. The van der Waals surface area contributed by atoms with Crippen LogP contribution in [0.25, 0.3) is 0 Å². The second-order valence-corrected chi connectivity index (χ2v) is 4.08. The zero-order valence-electron chi connectivity index (χ0n) is 14.7. The lowest BCUT2D eigenvalue weighted by Crippen LogP contribution is -2.40. The van der Waals surface area contributed by atoms with Crippen LogP contribution in [0.5, 0.6) is 0 Å². The van der Waals surface area contributed by atoms with Gasteiger partial charge < -0.3 is 5.11 Å². The third-order valence-corrected chi connectivity index (χ3v) is 2.40. The van der Waals surface area contributed by atoms with Crippen molar-refractivity contribution in [2.75, 3.05) is 0 Å². The number of benzene rings is 1. The van der Waals surface area contributed by atoms with E-state index in [2.05, 4.69) is 24.7 Å². The summed E-state index contributed by atoms with van der Waals surface area (Å²) >= 11 is 0. The van der Waals surface area contributed by atoms with Crippen LogP contribution in [0.4, 0.5) is 0 Å². The SMILES string of the molecule is CC.CC.CC(C)C(C)NNC=O.OCc1ccccc1. The summed E-state index contributed by atoms with van der Waals surface area (Å²) in [6.45, 7) is 14.3. The number of nitrogens with one attached hydrogen (secondary N) is 2. The van der Waals surface area contributed by atoms with Gasteiger partial charge in [0.1, 0.15) is 0 Å². The van der Waals surface area contributed by atoms with E-state index in [1.165, 1.54) is 0 Å². The van der Waals surface area contributed by atoms with E-state index in [-0.39, 0.29) is 6.61 Å². The lowest BCUT2D eigenvalue weighted by molar-refractivity contribution is -0.110. The predicted molar refractivity (Wildman–Crippen MR) is 91.7 cm³/mol. The van der Waals surface area contributed by atoms with Gasteiger partial charge in [-0.05, 0) is 18.4 Å². The molecule has 1 atom stereocenters. The van der Waals surface area contributed by atoms with Crippen LogP contribution in [0.1, 0.15) is 54.0 Å². The number of hydrogen-bond donors (Lipinski definition) is 3. The Labute approximate surface area is 130 Å². The summed E-state index contributed by atoms with van der Waals surface area (Å²) < 4.78 is 0. The Kier molecular flexibility index (Phi) is 24.5. The van der Waals surface area contributed by atoms with E-state index >= 15 is 0 Å². The van der Waals surface area contributed by atoms with Gasteiger partial charge in [-0.25, -0.2) is 5.43 Å². The molecule has 0 heterocycles. The number of amides is 1. The van der Waals surface area contributed by atoms with Crippen molar-refractivity contribution in [3.05, 3.63) is 35.9 Å². The average Bonchev–Trinajstić information content (AvgIpc) is 2.57. The standard InChI is InChI=1S/C7H8O.C6H14N2O.2C2H6/c8-6-7-4-2-1-3-5-7;1-5(2)6(3)8-7-4-9;2*1-2/h1-5,8H,6H2;4-6,8H,1-3H3,(H,7,9);2*1-2H3. The molecule has 0 aliphatic heterocycles. The van der Waals surface area contributed by atoms with E-state index in [4.69, 9.17) is 5.11 Å². The number of aliphatic hydroxyl groups is 1. The van der Waals surface area contributed by atoms with Gasteiger partial charge in [0, 0.05) is 6.04 Å². The summed E-state index contributed by atoms with van der Waals surface area (Å²) in [5.74, 6) is 0.539. The molecule has 3 N–H and O–H groups in total. The molecular weight excluding hydrogens is 264 g/mol. The molecule has 1 amide bonds. The predicted octanol–water partition coefficient (Wildman–Crippen LogP) is 3.51. The number of hydrazine groups is 1. The topological polar surface area (TPSA) is 61.4 Å². The fourth-order valence-electron chi connectivity index (χ4n) is 0.916. The Morgan fingerprint density at radius 3 is 1.81 bits per heavy atom. The lowest BCUT2D eigenvalue weighted by atomic mass is 10.1. The van der Waals surface area contributed by atoms with E-state index < -0.39 is 0 Å². The molecule has 0 spiro atoms. The quantitative estimate of drug-likeness (QED) is 0.576. The van der Waals surface area contributed by atoms with Crippen molar-refractivity contribution < 1.29 is 9.90 Å². The van der Waals surface area contributed by atoms with E-state index in [0.717, 1.165) is 5.56 Å². The van der Waals surface area contributed by atoms with Gasteiger partial charge in [0.15, 0.2) is 0 Å². The molecule has 1 unspecified atom stereocenters. The second-order valence-electron chi connectivity index (χ2n) is 4.08. The molecule has 1 aromatic rings. The smallest absolute Gasteiger partial charge is 0.221 e. The first-order chi connectivity index (χ1) is 10.1. The largest absolute Gasteiger partial charge is 0.392 e. The highest BCUT2D eigenvalue weighted by Crippen LogP contribution is 1.97. The van der Waals surface area contributed by atoms with Crippen molar-refractivity contribution in [1.29, 1.82) is 0 Å². The Hall–Kier alpha value is -1.39. The van der Waals surface area contributed by atoms with Gasteiger partial charge in [-0.2, -0.15) is 0 Å². The van der Waals surface area contributed by atoms with Crippen LogP contribution >= 0.6 is 0 Å². The first-order valence-electron chi connectivity index (χ1n) is 7.71. The van der Waals surface area contributed by atoms with Gasteiger partial charge in [-0.3, -0.25) is 10.2 Å². The maximum absolute atomic E-state index is 9.76. The molecule has 4 heteroatoms. The molecule has 1 aromatic carbocycles. The van der Waals surface area contributed by atoms with Crippen LogP contribution in [0.3, 0.4) is 0 Å². The molecule has 0 aliphatic carbocycles. The number of rotatable bonds is 5. The van der Waals surface area contributed by atoms with Crippen LogP contribution in [-0.4, -0.2) is 17.6 Å². The second kappa shape index (κ2) is 20.9. The van der Waals surface area contributed by atoms with Crippen LogP contribution < -0.4 is 10.9 Å². The zero-order chi connectivity index (χ0) is 17.1. The van der Waals surface area contributed by atoms with E-state index in [1.807, 2.05) is 65.0 Å². The number of carbonyl (C=O) groups is 1. The number of hydrogen-bond acceptors (Lipinski definition) is 3. The van der Waals surface area contributed by atoms with Gasteiger partial charge in [0.25, 0.3) is 0 Å². The van der Waals surface area contributed by atoms with E-state index in [0.29, 0.717) is 18.4 Å². The minimum atomic E-state index is 0.140. The van der Waals surface area contributed by atoms with Crippen LogP contribution in [0, 0.1) is 5.92 Å². The molecule has 124 valence electrons. The van der Waals surface area contributed by atoms with Gasteiger partial charge >= 0.3 is 0 Å². The molecule has 0 saturated heterocycles.